The maximum Gasteiger partial charge on any atom is 0.266 e. The number of carbonyl (C=O) groups excluding carboxylic acids is 3. The van der Waals surface area contributed by atoms with Crippen LogP contribution < -0.4 is 15.0 Å². The second-order valence-electron chi connectivity index (χ2n) is 7.27. The molecule has 0 bridgehead atoms. The summed E-state index contributed by atoms with van der Waals surface area (Å²) >= 11 is 0. The van der Waals surface area contributed by atoms with Gasteiger partial charge in [0, 0.05) is 18.2 Å². The van der Waals surface area contributed by atoms with Crippen molar-refractivity contribution in [3.8, 4) is 11.5 Å². The molecule has 0 fully saturated rings. The van der Waals surface area contributed by atoms with Crippen LogP contribution in [0.25, 0.3) is 0 Å². The standard InChI is InChI=1S/C25H22N2O4/c1-2-3-12-23(28)26-17-8-7-11-19(15-17)31-20-13-14-21-22(16-20)25(30)27(24(21)29)18-9-5-4-6-10-18/h4-11,13-16H,2-3,12H2,1H3,(H,26,28). The summed E-state index contributed by atoms with van der Waals surface area (Å²) in [7, 11) is 0. The summed E-state index contributed by atoms with van der Waals surface area (Å²) in [6.45, 7) is 2.04. The molecule has 3 aromatic carbocycles. The molecule has 1 heterocycles. The van der Waals surface area contributed by atoms with Crippen LogP contribution in [0.5, 0.6) is 11.5 Å². The van der Waals surface area contributed by atoms with Gasteiger partial charge in [0.1, 0.15) is 11.5 Å². The maximum absolute atomic E-state index is 12.9. The Bertz CT molecular complexity index is 1140. The van der Waals surface area contributed by atoms with Gasteiger partial charge in [-0.3, -0.25) is 14.4 Å². The highest BCUT2D eigenvalue weighted by Crippen LogP contribution is 2.32. The second kappa shape index (κ2) is 8.83. The smallest absolute Gasteiger partial charge is 0.266 e. The number of unbranched alkanes of at least 4 members (excludes halogenated alkanes) is 1. The molecule has 0 saturated heterocycles. The van der Waals surface area contributed by atoms with Gasteiger partial charge in [0.2, 0.25) is 5.91 Å². The molecule has 6 heteroatoms. The number of imide groups is 1. The molecule has 156 valence electrons. The van der Waals surface area contributed by atoms with Crippen LogP contribution in [0.2, 0.25) is 0 Å². The van der Waals surface area contributed by atoms with Crippen LogP contribution in [0.15, 0.2) is 72.8 Å². The molecule has 1 N–H and O–H groups in total. The Labute approximate surface area is 180 Å². The summed E-state index contributed by atoms with van der Waals surface area (Å²) in [4.78, 5) is 38.7. The second-order valence-corrected chi connectivity index (χ2v) is 7.27. The predicted molar refractivity (Wildman–Crippen MR) is 119 cm³/mol. The average Bonchev–Trinajstić information content (AvgIpc) is 3.03. The molecule has 0 atom stereocenters. The van der Waals surface area contributed by atoms with Crippen LogP contribution >= 0.6 is 0 Å². The molecule has 3 aromatic rings. The fraction of sp³-hybridized carbons (Fsp3) is 0.160. The highest BCUT2D eigenvalue weighted by molar-refractivity contribution is 6.34. The van der Waals surface area contributed by atoms with Crippen molar-refractivity contribution in [3.63, 3.8) is 0 Å². The van der Waals surface area contributed by atoms with E-state index < -0.39 is 0 Å². The molecule has 1 aliphatic heterocycles. The van der Waals surface area contributed by atoms with Gasteiger partial charge < -0.3 is 10.1 Å². The zero-order valence-corrected chi connectivity index (χ0v) is 17.1. The molecular weight excluding hydrogens is 392 g/mol. The van der Waals surface area contributed by atoms with Crippen LogP contribution in [-0.2, 0) is 4.79 Å². The SMILES string of the molecule is CCCCC(=O)Nc1cccc(Oc2ccc3c(c2)C(=O)N(c2ccccc2)C3=O)c1. The van der Waals surface area contributed by atoms with Crippen LogP contribution in [0.1, 0.15) is 46.9 Å². The zero-order chi connectivity index (χ0) is 21.8. The zero-order valence-electron chi connectivity index (χ0n) is 17.1. The van der Waals surface area contributed by atoms with Gasteiger partial charge in [-0.15, -0.1) is 0 Å². The molecular formula is C25H22N2O4. The van der Waals surface area contributed by atoms with Gasteiger partial charge in [0.15, 0.2) is 0 Å². The molecule has 0 saturated carbocycles. The van der Waals surface area contributed by atoms with Crippen molar-refractivity contribution >= 4 is 29.1 Å². The van der Waals surface area contributed by atoms with Crippen LogP contribution in [0, 0.1) is 0 Å². The molecule has 0 aromatic heterocycles. The molecule has 31 heavy (non-hydrogen) atoms. The normalized spacial score (nSPS) is 12.6. The summed E-state index contributed by atoms with van der Waals surface area (Å²) in [6.07, 6.45) is 2.27. The number of ether oxygens (including phenoxy) is 1. The van der Waals surface area contributed by atoms with E-state index in [0.29, 0.717) is 40.4 Å². The first kappa shape index (κ1) is 20.3. The van der Waals surface area contributed by atoms with Crippen molar-refractivity contribution in [1.82, 2.24) is 0 Å². The van der Waals surface area contributed by atoms with E-state index in [1.54, 1.807) is 66.7 Å². The lowest BCUT2D eigenvalue weighted by molar-refractivity contribution is -0.116. The number of para-hydroxylation sites is 1. The maximum atomic E-state index is 12.9. The Morgan fingerprint density at radius 1 is 0.871 bits per heavy atom. The largest absolute Gasteiger partial charge is 0.457 e. The van der Waals surface area contributed by atoms with Gasteiger partial charge >= 0.3 is 0 Å². The van der Waals surface area contributed by atoms with Gasteiger partial charge in [0.25, 0.3) is 11.8 Å². The van der Waals surface area contributed by atoms with E-state index in [1.807, 2.05) is 13.0 Å². The minimum atomic E-state index is -0.381. The number of benzene rings is 3. The van der Waals surface area contributed by atoms with Gasteiger partial charge in [-0.1, -0.05) is 37.6 Å². The van der Waals surface area contributed by atoms with E-state index >= 15 is 0 Å². The molecule has 3 amide bonds. The highest BCUT2D eigenvalue weighted by Gasteiger charge is 2.36. The van der Waals surface area contributed by atoms with Crippen LogP contribution in [-0.4, -0.2) is 17.7 Å². The Balaban J connectivity index is 1.52. The number of carbonyl (C=O) groups is 3. The fourth-order valence-corrected chi connectivity index (χ4v) is 3.43. The van der Waals surface area contributed by atoms with E-state index in [-0.39, 0.29) is 17.7 Å². The third kappa shape index (κ3) is 4.33. The third-order valence-electron chi connectivity index (χ3n) is 4.98. The quantitative estimate of drug-likeness (QED) is 0.525. The van der Waals surface area contributed by atoms with E-state index in [0.717, 1.165) is 12.8 Å². The van der Waals surface area contributed by atoms with Gasteiger partial charge in [0.05, 0.1) is 16.8 Å². The van der Waals surface area contributed by atoms with Gasteiger partial charge in [-0.2, -0.15) is 0 Å². The van der Waals surface area contributed by atoms with Crippen LogP contribution in [0.4, 0.5) is 11.4 Å². The molecule has 1 aliphatic rings. The van der Waals surface area contributed by atoms with Gasteiger partial charge in [-0.05, 0) is 48.9 Å². The number of nitrogens with one attached hydrogen (secondary N) is 1. The Morgan fingerprint density at radius 3 is 2.39 bits per heavy atom. The lowest BCUT2D eigenvalue weighted by atomic mass is 10.1. The van der Waals surface area contributed by atoms with Crippen LogP contribution in [0.3, 0.4) is 0 Å². The van der Waals surface area contributed by atoms with E-state index in [9.17, 15) is 14.4 Å². The number of fused-ring (bicyclic) bond motifs is 1. The van der Waals surface area contributed by atoms with Crippen molar-refractivity contribution in [1.29, 1.82) is 0 Å². The van der Waals surface area contributed by atoms with Crippen molar-refractivity contribution in [2.45, 2.75) is 26.2 Å². The topological polar surface area (TPSA) is 75.7 Å². The molecule has 0 spiro atoms. The lowest BCUT2D eigenvalue weighted by Crippen LogP contribution is -2.29. The van der Waals surface area contributed by atoms with Crippen molar-refractivity contribution < 1.29 is 19.1 Å². The van der Waals surface area contributed by atoms with Crippen molar-refractivity contribution in [3.05, 3.63) is 83.9 Å². The number of anilines is 2. The van der Waals surface area contributed by atoms with E-state index in [2.05, 4.69) is 5.32 Å². The summed E-state index contributed by atoms with van der Waals surface area (Å²) in [5.74, 6) is 0.180. The lowest BCUT2D eigenvalue weighted by Gasteiger charge is -2.13. The first-order valence-electron chi connectivity index (χ1n) is 10.2. The molecule has 4 rings (SSSR count). The number of hydrogen-bond donors (Lipinski definition) is 1. The first-order chi connectivity index (χ1) is 15.1. The van der Waals surface area contributed by atoms with E-state index in [1.165, 1.54) is 4.90 Å². The van der Waals surface area contributed by atoms with Crippen molar-refractivity contribution in [2.24, 2.45) is 0 Å². The average molecular weight is 414 g/mol. The van der Waals surface area contributed by atoms with E-state index in [4.69, 9.17) is 4.74 Å². The third-order valence-corrected chi connectivity index (χ3v) is 4.98. The Morgan fingerprint density at radius 2 is 1.61 bits per heavy atom. The molecule has 0 radical (unpaired) electrons. The number of hydrogen-bond acceptors (Lipinski definition) is 4. The summed E-state index contributed by atoms with van der Waals surface area (Å²) in [5, 5.41) is 2.86. The monoisotopic (exact) mass is 414 g/mol. The molecule has 6 nitrogen and oxygen atoms in total. The number of amides is 3. The Hall–Kier alpha value is -3.93. The Kier molecular flexibility index (Phi) is 5.80. The van der Waals surface area contributed by atoms with Crippen molar-refractivity contribution in [2.75, 3.05) is 10.2 Å². The number of nitrogens with zero attached hydrogens (tertiary/aromatic N) is 1. The molecule has 0 aliphatic carbocycles. The first-order valence-corrected chi connectivity index (χ1v) is 10.2. The minimum absolute atomic E-state index is 0.0401. The summed E-state index contributed by atoms with van der Waals surface area (Å²) in [5.41, 5.74) is 1.82. The van der Waals surface area contributed by atoms with Gasteiger partial charge in [-0.25, -0.2) is 4.90 Å². The minimum Gasteiger partial charge on any atom is -0.457 e. The predicted octanol–water partition coefficient (Wildman–Crippen LogP) is 5.41. The fourth-order valence-electron chi connectivity index (χ4n) is 3.43. The highest BCUT2D eigenvalue weighted by atomic mass is 16.5. The molecule has 0 unspecified atom stereocenters. The summed E-state index contributed by atoms with van der Waals surface area (Å²) < 4.78 is 5.90. The summed E-state index contributed by atoms with van der Waals surface area (Å²) in [6, 6.07) is 20.7. The number of rotatable bonds is 7.